The Hall–Kier alpha value is 0.354. The summed E-state index contributed by atoms with van der Waals surface area (Å²) in [4.78, 5) is 0. The Morgan fingerprint density at radius 2 is 1.16 bits per heavy atom. The molecule has 0 aromatic heterocycles. The standard InChI is InChI=1S/C15H33O2Si2/c1-19(2,3)17-18-16-15-13-11-9-7-5-4-6-8-10-12-14-15/h15,18H,4-14H2,1-3H3. The normalized spacial score (nSPS) is 21.6. The summed E-state index contributed by atoms with van der Waals surface area (Å²) in [6, 6.07) is 0. The second kappa shape index (κ2) is 10.1. The van der Waals surface area contributed by atoms with Gasteiger partial charge in [-0.25, -0.2) is 0 Å². The van der Waals surface area contributed by atoms with E-state index in [4.69, 9.17) is 8.54 Å². The Bertz CT molecular complexity index is 205. The van der Waals surface area contributed by atoms with Crippen molar-refractivity contribution in [1.82, 2.24) is 0 Å². The fraction of sp³-hybridized carbons (Fsp3) is 1.00. The van der Waals surface area contributed by atoms with Gasteiger partial charge in [-0.2, -0.15) is 0 Å². The summed E-state index contributed by atoms with van der Waals surface area (Å²) in [5.41, 5.74) is 0. The maximum Gasteiger partial charge on any atom is 0.353 e. The van der Waals surface area contributed by atoms with Crippen LogP contribution < -0.4 is 0 Å². The van der Waals surface area contributed by atoms with E-state index in [0.29, 0.717) is 6.10 Å². The Morgan fingerprint density at radius 1 is 0.737 bits per heavy atom. The topological polar surface area (TPSA) is 18.5 Å². The van der Waals surface area contributed by atoms with E-state index < -0.39 is 8.32 Å². The minimum absolute atomic E-state index is 0.237. The summed E-state index contributed by atoms with van der Waals surface area (Å²) in [6.07, 6.45) is 15.6. The molecule has 0 aliphatic heterocycles. The first-order valence-corrected chi connectivity index (χ1v) is 12.6. The molecule has 0 bridgehead atoms. The SMILES string of the molecule is C[Si](C)(C)O[SiH]OC1CCCCCCCCCCC1. The molecule has 0 unspecified atom stereocenters. The van der Waals surface area contributed by atoms with E-state index in [1.54, 1.807) is 0 Å². The van der Waals surface area contributed by atoms with Crippen LogP contribution in [0.15, 0.2) is 0 Å². The van der Waals surface area contributed by atoms with Gasteiger partial charge in [-0.3, -0.25) is 0 Å². The van der Waals surface area contributed by atoms with Crippen molar-refractivity contribution in [2.45, 2.75) is 96.4 Å². The molecule has 1 rings (SSSR count). The first-order chi connectivity index (χ1) is 9.08. The monoisotopic (exact) mass is 301 g/mol. The molecule has 1 fully saturated rings. The highest BCUT2D eigenvalue weighted by molar-refractivity contribution is 6.73. The van der Waals surface area contributed by atoms with Gasteiger partial charge in [0.2, 0.25) is 0 Å². The molecule has 0 heterocycles. The quantitative estimate of drug-likeness (QED) is 0.695. The van der Waals surface area contributed by atoms with Crippen LogP contribution in [0.3, 0.4) is 0 Å². The van der Waals surface area contributed by atoms with Crippen LogP contribution >= 0.6 is 0 Å². The lowest BCUT2D eigenvalue weighted by Crippen LogP contribution is -2.30. The lowest BCUT2D eigenvalue weighted by atomic mass is 10.00. The van der Waals surface area contributed by atoms with E-state index in [9.17, 15) is 0 Å². The summed E-state index contributed by atoms with van der Waals surface area (Å²) in [5.74, 6) is 0. The van der Waals surface area contributed by atoms with E-state index in [0.717, 1.165) is 0 Å². The summed E-state index contributed by atoms with van der Waals surface area (Å²) >= 11 is 0. The lowest BCUT2D eigenvalue weighted by molar-refractivity contribution is 0.158. The molecule has 1 aliphatic rings. The fourth-order valence-corrected chi connectivity index (χ4v) is 4.32. The molecule has 1 aliphatic carbocycles. The van der Waals surface area contributed by atoms with Crippen LogP contribution in [0.2, 0.25) is 19.6 Å². The summed E-state index contributed by atoms with van der Waals surface area (Å²) in [5, 5.41) is 0. The van der Waals surface area contributed by atoms with Crippen molar-refractivity contribution in [3.63, 3.8) is 0 Å². The van der Waals surface area contributed by atoms with Crippen LogP contribution in [-0.4, -0.2) is 24.4 Å². The number of hydrogen-bond donors (Lipinski definition) is 0. The second-order valence-corrected chi connectivity index (χ2v) is 12.5. The number of rotatable bonds is 4. The highest BCUT2D eigenvalue weighted by Crippen LogP contribution is 2.18. The van der Waals surface area contributed by atoms with Gasteiger partial charge in [-0.1, -0.05) is 57.8 Å². The molecule has 0 saturated heterocycles. The highest BCUT2D eigenvalue weighted by Gasteiger charge is 2.16. The van der Waals surface area contributed by atoms with Crippen molar-refractivity contribution < 1.29 is 8.54 Å². The Kier molecular flexibility index (Phi) is 9.28. The van der Waals surface area contributed by atoms with Crippen molar-refractivity contribution in [2.75, 3.05) is 0 Å². The molecular weight excluding hydrogens is 268 g/mol. The molecule has 4 heteroatoms. The molecule has 0 aromatic rings. The zero-order valence-electron chi connectivity index (χ0n) is 13.2. The summed E-state index contributed by atoms with van der Waals surface area (Å²) in [7, 11) is -1.62. The maximum atomic E-state index is 6.06. The van der Waals surface area contributed by atoms with E-state index in [-0.39, 0.29) is 10.0 Å². The predicted octanol–water partition coefficient (Wildman–Crippen LogP) is 4.79. The van der Waals surface area contributed by atoms with Crippen LogP contribution in [0.1, 0.15) is 70.6 Å². The minimum Gasteiger partial charge on any atom is -0.438 e. The lowest BCUT2D eigenvalue weighted by Gasteiger charge is -2.22. The predicted molar refractivity (Wildman–Crippen MR) is 87.2 cm³/mol. The summed E-state index contributed by atoms with van der Waals surface area (Å²) in [6.45, 7) is 6.72. The summed E-state index contributed by atoms with van der Waals surface area (Å²) < 4.78 is 12.0. The molecule has 0 N–H and O–H groups in total. The Labute approximate surface area is 123 Å². The first kappa shape index (κ1) is 17.4. The highest BCUT2D eigenvalue weighted by atomic mass is 28.4. The molecule has 0 amide bonds. The van der Waals surface area contributed by atoms with E-state index >= 15 is 0 Å². The van der Waals surface area contributed by atoms with Crippen LogP contribution in [0.4, 0.5) is 0 Å². The Balaban J connectivity index is 2.22. The fourth-order valence-electron chi connectivity index (χ4n) is 2.51. The van der Waals surface area contributed by atoms with Gasteiger partial charge in [0, 0.05) is 6.10 Å². The zero-order chi connectivity index (χ0) is 14.0. The minimum atomic E-state index is -1.38. The van der Waals surface area contributed by atoms with Crippen LogP contribution in [0, 0.1) is 0 Å². The van der Waals surface area contributed by atoms with Gasteiger partial charge < -0.3 is 8.54 Å². The Morgan fingerprint density at radius 3 is 1.58 bits per heavy atom. The van der Waals surface area contributed by atoms with Crippen LogP contribution in [-0.2, 0) is 8.54 Å². The molecule has 113 valence electrons. The van der Waals surface area contributed by atoms with Crippen molar-refractivity contribution in [3.8, 4) is 0 Å². The van der Waals surface area contributed by atoms with Crippen molar-refractivity contribution in [1.29, 1.82) is 0 Å². The molecule has 0 aromatic carbocycles. The third kappa shape index (κ3) is 10.8. The van der Waals surface area contributed by atoms with Crippen LogP contribution in [0.5, 0.6) is 0 Å². The van der Waals surface area contributed by atoms with Gasteiger partial charge >= 0.3 is 10.0 Å². The van der Waals surface area contributed by atoms with Gasteiger partial charge in [0.05, 0.1) is 0 Å². The maximum absolute atomic E-state index is 6.06. The molecule has 0 spiro atoms. The molecule has 2 nitrogen and oxygen atoms in total. The van der Waals surface area contributed by atoms with Gasteiger partial charge in [0.1, 0.15) is 0 Å². The first-order valence-electron chi connectivity index (χ1n) is 8.23. The number of hydrogen-bond acceptors (Lipinski definition) is 2. The molecule has 19 heavy (non-hydrogen) atoms. The van der Waals surface area contributed by atoms with E-state index in [2.05, 4.69) is 19.6 Å². The molecule has 1 saturated carbocycles. The molecule has 0 atom stereocenters. The van der Waals surface area contributed by atoms with Gasteiger partial charge in [0.25, 0.3) is 0 Å². The molecule has 1 radical (unpaired) electrons. The average Bonchev–Trinajstić information content (AvgIpc) is 2.30. The largest absolute Gasteiger partial charge is 0.438 e. The average molecular weight is 302 g/mol. The van der Waals surface area contributed by atoms with Gasteiger partial charge in [0.15, 0.2) is 8.32 Å². The van der Waals surface area contributed by atoms with Crippen molar-refractivity contribution >= 4 is 18.3 Å². The zero-order valence-corrected chi connectivity index (χ0v) is 15.4. The smallest absolute Gasteiger partial charge is 0.353 e. The van der Waals surface area contributed by atoms with E-state index in [1.807, 2.05) is 0 Å². The van der Waals surface area contributed by atoms with Gasteiger partial charge in [-0.05, 0) is 32.5 Å². The van der Waals surface area contributed by atoms with Crippen molar-refractivity contribution in [2.24, 2.45) is 0 Å². The third-order valence-electron chi connectivity index (χ3n) is 3.70. The van der Waals surface area contributed by atoms with E-state index in [1.165, 1.54) is 70.6 Å². The van der Waals surface area contributed by atoms with Crippen molar-refractivity contribution in [3.05, 3.63) is 0 Å². The molecular formula is C15H33O2Si2. The second-order valence-electron chi connectivity index (χ2n) is 6.84. The van der Waals surface area contributed by atoms with Crippen LogP contribution in [0.25, 0.3) is 0 Å². The van der Waals surface area contributed by atoms with Gasteiger partial charge in [-0.15, -0.1) is 0 Å². The third-order valence-corrected chi connectivity index (χ3v) is 7.41.